The van der Waals surface area contributed by atoms with Crippen LogP contribution in [-0.4, -0.2) is 67.3 Å². The third kappa shape index (κ3) is 5.99. The van der Waals surface area contributed by atoms with Gasteiger partial charge in [0.2, 0.25) is 5.91 Å². The molecule has 6 heteroatoms. The van der Waals surface area contributed by atoms with Crippen LogP contribution in [0.3, 0.4) is 0 Å². The SMILES string of the molecule is CN1CCC(N(CC2=CCC(C)(F)C=C2)C(=O)CNCc2ccc3c(c2)CCCO3)CC1. The summed E-state index contributed by atoms with van der Waals surface area (Å²) in [5.41, 5.74) is 2.17. The van der Waals surface area contributed by atoms with Gasteiger partial charge >= 0.3 is 0 Å². The fourth-order valence-corrected chi connectivity index (χ4v) is 4.73. The average Bonchev–Trinajstić information content (AvgIpc) is 2.79. The first-order valence-corrected chi connectivity index (χ1v) is 11.9. The molecule has 4 rings (SSSR count). The van der Waals surface area contributed by atoms with E-state index in [4.69, 9.17) is 4.74 Å². The Labute approximate surface area is 191 Å². The standard InChI is InChI=1S/C26H36FN3O2/c1-26(27)11-7-20(8-12-26)19-30(23-9-13-29(2)14-10-23)25(31)18-28-17-21-5-6-24-22(16-21)4-3-15-32-24/h5-8,11,16,23,28H,3-4,9-10,12-15,17-19H2,1-2H3. The molecule has 1 saturated heterocycles. The number of aryl methyl sites for hydroxylation is 1. The molecule has 2 heterocycles. The van der Waals surface area contributed by atoms with Gasteiger partial charge < -0.3 is 19.9 Å². The number of ether oxygens (including phenoxy) is 1. The number of likely N-dealkylation sites (tertiary alicyclic amines) is 1. The molecule has 3 aliphatic rings. The molecule has 174 valence electrons. The second-order valence-corrected chi connectivity index (χ2v) is 9.65. The van der Waals surface area contributed by atoms with E-state index >= 15 is 0 Å². The summed E-state index contributed by atoms with van der Waals surface area (Å²) in [6.45, 7) is 5.89. The van der Waals surface area contributed by atoms with Crippen LogP contribution >= 0.6 is 0 Å². The highest BCUT2D eigenvalue weighted by Gasteiger charge is 2.28. The molecule has 1 atom stereocenters. The molecular weight excluding hydrogens is 405 g/mol. The van der Waals surface area contributed by atoms with E-state index in [1.54, 1.807) is 13.0 Å². The second kappa shape index (κ2) is 10.2. The number of hydrogen-bond donors (Lipinski definition) is 1. The maximum Gasteiger partial charge on any atom is 0.237 e. The molecule has 32 heavy (non-hydrogen) atoms. The number of carbonyl (C=O) groups is 1. The molecule has 1 aromatic rings. The van der Waals surface area contributed by atoms with Crippen molar-refractivity contribution in [3.8, 4) is 5.75 Å². The minimum absolute atomic E-state index is 0.115. The molecule has 0 radical (unpaired) electrons. The molecule has 0 spiro atoms. The Morgan fingerprint density at radius 3 is 2.91 bits per heavy atom. The zero-order valence-corrected chi connectivity index (χ0v) is 19.4. The lowest BCUT2D eigenvalue weighted by atomic mass is 9.94. The quantitative estimate of drug-likeness (QED) is 0.702. The van der Waals surface area contributed by atoms with Crippen LogP contribution in [0, 0.1) is 0 Å². The molecule has 0 bridgehead atoms. The van der Waals surface area contributed by atoms with Gasteiger partial charge in [-0.2, -0.15) is 0 Å². The van der Waals surface area contributed by atoms with Crippen LogP contribution in [-0.2, 0) is 17.8 Å². The van der Waals surface area contributed by atoms with E-state index in [0.29, 0.717) is 26.1 Å². The average molecular weight is 442 g/mol. The van der Waals surface area contributed by atoms with E-state index in [9.17, 15) is 9.18 Å². The Hall–Kier alpha value is -2.18. The minimum atomic E-state index is -1.28. The third-order valence-electron chi connectivity index (χ3n) is 6.79. The summed E-state index contributed by atoms with van der Waals surface area (Å²) in [4.78, 5) is 17.6. The third-order valence-corrected chi connectivity index (χ3v) is 6.79. The van der Waals surface area contributed by atoms with Gasteiger partial charge in [0.1, 0.15) is 11.4 Å². The molecule has 1 fully saturated rings. The summed E-state index contributed by atoms with van der Waals surface area (Å²) < 4.78 is 19.8. The maximum absolute atomic E-state index is 14.1. The van der Waals surface area contributed by atoms with Gasteiger partial charge in [0.15, 0.2) is 0 Å². The van der Waals surface area contributed by atoms with E-state index in [1.165, 1.54) is 11.1 Å². The van der Waals surface area contributed by atoms with Gasteiger partial charge in [0.05, 0.1) is 13.2 Å². The van der Waals surface area contributed by atoms with Gasteiger partial charge in [-0.05, 0) is 81.6 Å². The summed E-state index contributed by atoms with van der Waals surface area (Å²) in [6, 6.07) is 6.53. The lowest BCUT2D eigenvalue weighted by Gasteiger charge is -2.38. The summed E-state index contributed by atoms with van der Waals surface area (Å²) in [5, 5.41) is 3.35. The Bertz CT molecular complexity index is 872. The molecule has 1 N–H and O–H groups in total. The zero-order chi connectivity index (χ0) is 22.6. The van der Waals surface area contributed by atoms with Crippen molar-refractivity contribution in [2.75, 3.05) is 39.8 Å². The van der Waals surface area contributed by atoms with Crippen LogP contribution in [0.5, 0.6) is 5.75 Å². The number of amides is 1. The van der Waals surface area contributed by atoms with E-state index in [-0.39, 0.29) is 11.9 Å². The van der Waals surface area contributed by atoms with Gasteiger partial charge in [-0.15, -0.1) is 0 Å². The highest BCUT2D eigenvalue weighted by atomic mass is 19.1. The number of benzene rings is 1. The van der Waals surface area contributed by atoms with Crippen LogP contribution < -0.4 is 10.1 Å². The predicted octanol–water partition coefficient (Wildman–Crippen LogP) is 3.64. The number of alkyl halides is 1. The number of nitrogens with zero attached hydrogens (tertiary/aromatic N) is 2. The van der Waals surface area contributed by atoms with Crippen LogP contribution in [0.4, 0.5) is 4.39 Å². The molecule has 1 unspecified atom stereocenters. The number of fused-ring (bicyclic) bond motifs is 1. The topological polar surface area (TPSA) is 44.8 Å². The van der Waals surface area contributed by atoms with Gasteiger partial charge in [-0.3, -0.25) is 4.79 Å². The maximum atomic E-state index is 14.1. The van der Waals surface area contributed by atoms with Gasteiger partial charge in [0.25, 0.3) is 0 Å². The molecule has 1 aliphatic carbocycles. The molecule has 0 aromatic heterocycles. The zero-order valence-electron chi connectivity index (χ0n) is 19.4. The van der Waals surface area contributed by atoms with Gasteiger partial charge in [-0.1, -0.05) is 24.3 Å². The van der Waals surface area contributed by atoms with Crippen molar-refractivity contribution in [2.24, 2.45) is 0 Å². The summed E-state index contributed by atoms with van der Waals surface area (Å²) in [5.74, 6) is 1.10. The number of rotatable bonds is 7. The van der Waals surface area contributed by atoms with Crippen molar-refractivity contribution >= 4 is 5.91 Å². The normalized spacial score (nSPS) is 23.9. The van der Waals surface area contributed by atoms with Crippen LogP contribution in [0.2, 0.25) is 0 Å². The lowest BCUT2D eigenvalue weighted by Crippen LogP contribution is -2.49. The number of hydrogen-bond acceptors (Lipinski definition) is 4. The Morgan fingerprint density at radius 1 is 1.34 bits per heavy atom. The number of nitrogens with one attached hydrogen (secondary N) is 1. The van der Waals surface area contributed by atoms with Crippen molar-refractivity contribution < 1.29 is 13.9 Å². The highest BCUT2D eigenvalue weighted by Crippen LogP contribution is 2.27. The van der Waals surface area contributed by atoms with Crippen molar-refractivity contribution in [1.29, 1.82) is 0 Å². The number of halogens is 1. The summed E-state index contributed by atoms with van der Waals surface area (Å²) in [7, 11) is 2.13. The predicted molar refractivity (Wildman–Crippen MR) is 126 cm³/mol. The van der Waals surface area contributed by atoms with Crippen LogP contribution in [0.25, 0.3) is 0 Å². The largest absolute Gasteiger partial charge is 0.493 e. The number of carbonyl (C=O) groups excluding carboxylic acids is 1. The summed E-state index contributed by atoms with van der Waals surface area (Å²) >= 11 is 0. The monoisotopic (exact) mass is 441 g/mol. The molecular formula is C26H36FN3O2. The molecule has 0 saturated carbocycles. The van der Waals surface area contributed by atoms with Crippen LogP contribution in [0.15, 0.2) is 42.0 Å². The number of allylic oxidation sites excluding steroid dienone is 2. The van der Waals surface area contributed by atoms with Crippen molar-refractivity contribution in [3.05, 3.63) is 53.1 Å². The van der Waals surface area contributed by atoms with Gasteiger partial charge in [-0.25, -0.2) is 4.39 Å². The summed E-state index contributed by atoms with van der Waals surface area (Å²) in [6.07, 6.45) is 9.84. The molecule has 2 aliphatic heterocycles. The lowest BCUT2D eigenvalue weighted by molar-refractivity contribution is -0.133. The van der Waals surface area contributed by atoms with E-state index in [1.807, 2.05) is 23.1 Å². The van der Waals surface area contributed by atoms with E-state index in [0.717, 1.165) is 56.7 Å². The number of piperidine rings is 1. The Kier molecular flexibility index (Phi) is 7.31. The molecule has 1 aromatic carbocycles. The Morgan fingerprint density at radius 2 is 2.16 bits per heavy atom. The van der Waals surface area contributed by atoms with Crippen molar-refractivity contribution in [2.45, 2.75) is 57.3 Å². The molecule has 5 nitrogen and oxygen atoms in total. The minimum Gasteiger partial charge on any atom is -0.493 e. The fraction of sp³-hybridized carbons (Fsp3) is 0.577. The van der Waals surface area contributed by atoms with Crippen molar-refractivity contribution in [3.63, 3.8) is 0 Å². The van der Waals surface area contributed by atoms with Gasteiger partial charge in [0, 0.05) is 25.6 Å². The molecule has 1 amide bonds. The van der Waals surface area contributed by atoms with Crippen molar-refractivity contribution in [1.82, 2.24) is 15.1 Å². The fourth-order valence-electron chi connectivity index (χ4n) is 4.73. The van der Waals surface area contributed by atoms with E-state index < -0.39 is 5.67 Å². The first kappa shape index (κ1) is 23.0. The first-order valence-electron chi connectivity index (χ1n) is 11.9. The second-order valence-electron chi connectivity index (χ2n) is 9.65. The first-order chi connectivity index (χ1) is 15.4. The Balaban J connectivity index is 1.36. The van der Waals surface area contributed by atoms with Crippen LogP contribution in [0.1, 0.15) is 43.7 Å². The highest BCUT2D eigenvalue weighted by molar-refractivity contribution is 5.79. The van der Waals surface area contributed by atoms with E-state index in [2.05, 4.69) is 29.4 Å². The smallest absolute Gasteiger partial charge is 0.237 e.